The summed E-state index contributed by atoms with van der Waals surface area (Å²) < 4.78 is 22.7. The highest BCUT2D eigenvalue weighted by molar-refractivity contribution is 5.94. The minimum atomic E-state index is -1.77. The van der Waals surface area contributed by atoms with Gasteiger partial charge in [0, 0.05) is 27.3 Å². The van der Waals surface area contributed by atoms with Gasteiger partial charge in [0.25, 0.3) is 11.8 Å². The number of nitrogens with two attached hydrogens (primary N) is 1. The fourth-order valence-electron chi connectivity index (χ4n) is 13.7. The molecule has 679 valence electrons. The number of aliphatic carboxylic acids is 1. The van der Waals surface area contributed by atoms with Crippen LogP contribution in [0.5, 0.6) is 11.5 Å². The number of halogens is 1. The molecular weight excluding hydrogens is 1590 g/mol. The lowest BCUT2D eigenvalue weighted by atomic mass is 9.83. The van der Waals surface area contributed by atoms with Gasteiger partial charge >= 0.3 is 17.9 Å². The standard InChI is InChI=1S/C44H66N6O9.C24H37N3O5.C20H31N3O5.CH4.B.ClH/c1-6-17-34(39(53)42(56)46-28-36(52)50-38(32-21-12-8-13-22-32)43(57)59-44(2,3)4)48-40(54)35(49-41(55)37(47-29-51)31-19-10-7-11-20-31)27-30-18-16-23-33(26-30)58-25-15-9-14-24-45-5;1-25-13-6-3-7-14-32-20-12-8-9-18(15-20)16-21(24(30)31)27-23(29)22(26-17-28)19-10-4-2-5-11-19;1-5-9-14(21)17(25)18(26)22-12-15(24)23-16(13-10-7-6-8-11-13)19(27)28-20(2,3)4;;;/h8,12-13,16,18,21-23,26,29,31,34-35,37-39,45,53H,6-7,9-11,14-15,17,19-20,24-25,27-28H2,1-5H3,(H,46,56)(H,47,51)(H,48,54)(H,49,55)(H,50,52);8-9,12,15,17,19,21-22,25H,2-7,10-11,13-14,16H2,1H3,(H,26,28)(H,27,29)(H,30,31);6-8,10-11,14,16-17,25H,5,9,12,21H2,1-4H3,(H,22,26)(H,23,24);1H4;;1H/t34?,35-,37-,38-,39?;21-,22-;14?,16-,17?;;;/m000.../s1. The van der Waals surface area contributed by atoms with Crippen LogP contribution in [-0.2, 0) is 79.8 Å². The fourth-order valence-corrected chi connectivity index (χ4v) is 13.7. The molecule has 0 saturated heterocycles. The zero-order valence-corrected chi connectivity index (χ0v) is 73.0. The van der Waals surface area contributed by atoms with Crippen molar-refractivity contribution in [3.63, 3.8) is 0 Å². The van der Waals surface area contributed by atoms with Crippen LogP contribution in [0.1, 0.15) is 226 Å². The smallest absolute Gasteiger partial charge is 0.333 e. The fraction of sp³-hybridized carbons (Fsp3) is 0.596. The van der Waals surface area contributed by atoms with E-state index in [9.17, 15) is 72.9 Å². The number of carbonyl (C=O) groups is 12. The van der Waals surface area contributed by atoms with E-state index in [-0.39, 0.29) is 59.3 Å². The molecule has 4 unspecified atom stereocenters. The first-order valence-electron chi connectivity index (χ1n) is 41.9. The van der Waals surface area contributed by atoms with E-state index < -0.39 is 144 Å². The Hall–Kier alpha value is -9.73. The number of rotatable bonds is 49. The molecule has 4 aromatic rings. The molecule has 0 aliphatic heterocycles. The third kappa shape index (κ3) is 43.4. The van der Waals surface area contributed by atoms with Crippen LogP contribution in [0.4, 0.5) is 0 Å². The summed E-state index contributed by atoms with van der Waals surface area (Å²) in [5.74, 6) is -5.69. The maximum absolute atomic E-state index is 14.1. The molecule has 2 saturated carbocycles. The van der Waals surface area contributed by atoms with Crippen molar-refractivity contribution in [2.24, 2.45) is 17.6 Å². The van der Waals surface area contributed by atoms with Crippen molar-refractivity contribution in [3.05, 3.63) is 131 Å². The van der Waals surface area contributed by atoms with Crippen LogP contribution < -0.4 is 73.7 Å². The molecule has 31 nitrogen and oxygen atoms in total. The number of nitrogens with one attached hydrogen (secondary N) is 11. The van der Waals surface area contributed by atoms with Crippen molar-refractivity contribution in [2.75, 3.05) is 53.5 Å². The number of esters is 2. The number of carbonyl (C=O) groups excluding carboxylic acids is 11. The summed E-state index contributed by atoms with van der Waals surface area (Å²) in [5, 5.41) is 60.4. The van der Waals surface area contributed by atoms with Crippen LogP contribution in [-0.4, -0.2) is 209 Å². The third-order valence-corrected chi connectivity index (χ3v) is 19.8. The normalized spacial score (nSPS) is 15.1. The lowest BCUT2D eigenvalue weighted by Gasteiger charge is -2.31. The lowest BCUT2D eigenvalue weighted by molar-refractivity contribution is -0.159. The number of amides is 9. The molecule has 2 aliphatic rings. The van der Waals surface area contributed by atoms with Gasteiger partial charge in [-0.05, 0) is 204 Å². The van der Waals surface area contributed by atoms with Crippen LogP contribution in [0.15, 0.2) is 109 Å². The van der Waals surface area contributed by atoms with Gasteiger partial charge in [-0.1, -0.05) is 158 Å². The molecule has 10 atom stereocenters. The van der Waals surface area contributed by atoms with Crippen LogP contribution in [0.2, 0.25) is 0 Å². The third-order valence-electron chi connectivity index (χ3n) is 19.8. The average Bonchev–Trinajstić information content (AvgIpc) is 0.841. The Morgan fingerprint density at radius 3 is 1.26 bits per heavy atom. The summed E-state index contributed by atoms with van der Waals surface area (Å²) in [4.78, 5) is 151. The monoisotopic (exact) mass is 1730 g/mol. The van der Waals surface area contributed by atoms with Gasteiger partial charge in [-0.2, -0.15) is 0 Å². The minimum Gasteiger partial charge on any atom is -0.494 e. The van der Waals surface area contributed by atoms with Crippen molar-refractivity contribution in [1.82, 2.24) is 58.5 Å². The number of ether oxygens (including phenoxy) is 4. The molecule has 0 aromatic heterocycles. The van der Waals surface area contributed by atoms with E-state index in [2.05, 4.69) is 58.5 Å². The minimum absolute atomic E-state index is 0. The number of carboxylic acids is 1. The first-order valence-corrected chi connectivity index (χ1v) is 41.9. The Bertz CT molecular complexity index is 3740. The first-order chi connectivity index (χ1) is 56.8. The molecule has 6 rings (SSSR count). The molecule has 4 aromatic carbocycles. The van der Waals surface area contributed by atoms with Gasteiger partial charge in [0.2, 0.25) is 42.4 Å². The number of aliphatic hydroxyl groups excluding tert-OH is 2. The topological polar surface area (TPSA) is 461 Å². The van der Waals surface area contributed by atoms with E-state index in [1.165, 1.54) is 0 Å². The number of benzene rings is 4. The molecule has 33 heteroatoms. The van der Waals surface area contributed by atoms with Gasteiger partial charge in [-0.15, -0.1) is 12.4 Å². The number of unbranched alkanes of at least 4 members (excludes halogenated alkanes) is 4. The summed E-state index contributed by atoms with van der Waals surface area (Å²) in [6, 6.07) is 24.0. The molecule has 16 N–H and O–H groups in total. The quantitative estimate of drug-likeness (QED) is 0.00928. The summed E-state index contributed by atoms with van der Waals surface area (Å²) in [6.45, 7) is 16.1. The van der Waals surface area contributed by atoms with E-state index in [1.54, 1.807) is 108 Å². The molecule has 2 aliphatic carbocycles. The van der Waals surface area contributed by atoms with Gasteiger partial charge in [0.1, 0.15) is 53.0 Å². The van der Waals surface area contributed by atoms with E-state index in [0.29, 0.717) is 67.1 Å². The van der Waals surface area contributed by atoms with Crippen molar-refractivity contribution in [2.45, 2.75) is 276 Å². The SMILES string of the molecule is C.CCCC(N)C(O)C(=O)NCC(=O)N[C@H](C(=O)OC(C)(C)C)c1ccccc1.CCCC(NC(=O)[C@H](Cc1cccc(OCCCCCNC)c1)NC(=O)[C@@H](NC=O)C1CCCCC1)C(O)C(=O)NCC(=O)N[C@H](C(=O)OC(C)(C)C)c1ccccc1.CNCCCCCOc1cccc(C[C@H](NC(=O)[C@@H](NC=O)C2CCCCC2)C(=O)O)c1.Cl.[B]. The van der Waals surface area contributed by atoms with Crippen molar-refractivity contribution >= 4 is 92.9 Å². The highest BCUT2D eigenvalue weighted by Gasteiger charge is 2.37. The second kappa shape index (κ2) is 60.7. The van der Waals surface area contributed by atoms with Gasteiger partial charge in [0.05, 0.1) is 32.3 Å². The highest BCUT2D eigenvalue weighted by Crippen LogP contribution is 2.29. The van der Waals surface area contributed by atoms with Gasteiger partial charge in [-0.25, -0.2) is 14.4 Å². The Labute approximate surface area is 729 Å². The Balaban J connectivity index is 0.000000996. The van der Waals surface area contributed by atoms with Gasteiger partial charge in [0.15, 0.2) is 18.2 Å². The van der Waals surface area contributed by atoms with Crippen molar-refractivity contribution in [3.8, 4) is 11.5 Å². The molecule has 2 fully saturated rings. The Kier molecular flexibility index (Phi) is 54.9. The predicted octanol–water partition coefficient (Wildman–Crippen LogP) is 6.87. The Morgan fingerprint density at radius 2 is 0.885 bits per heavy atom. The van der Waals surface area contributed by atoms with E-state index >= 15 is 0 Å². The van der Waals surface area contributed by atoms with E-state index in [0.717, 1.165) is 128 Å². The largest absolute Gasteiger partial charge is 0.494 e. The molecule has 122 heavy (non-hydrogen) atoms. The molecular formula is C89H139BClN12O19. The summed E-state index contributed by atoms with van der Waals surface area (Å²) in [5.41, 5.74) is 6.69. The summed E-state index contributed by atoms with van der Waals surface area (Å²) >= 11 is 0. The zero-order valence-electron chi connectivity index (χ0n) is 72.2. The number of hydrogen-bond acceptors (Lipinski definition) is 21. The Morgan fingerprint density at radius 1 is 0.492 bits per heavy atom. The van der Waals surface area contributed by atoms with Crippen LogP contribution in [0, 0.1) is 11.8 Å². The van der Waals surface area contributed by atoms with Crippen LogP contribution >= 0.6 is 12.4 Å². The molecule has 0 bridgehead atoms. The maximum Gasteiger partial charge on any atom is 0.333 e. The zero-order chi connectivity index (χ0) is 87.7. The summed E-state index contributed by atoms with van der Waals surface area (Å²) in [7, 11) is 3.85. The van der Waals surface area contributed by atoms with Crippen molar-refractivity contribution < 1.29 is 91.8 Å². The molecule has 3 radical (unpaired) electrons. The van der Waals surface area contributed by atoms with Gasteiger partial charge in [-0.3, -0.25) is 43.2 Å². The summed E-state index contributed by atoms with van der Waals surface area (Å²) in [6.07, 6.45) is 15.2. The number of aliphatic hydroxyl groups is 2. The number of hydrogen-bond donors (Lipinski definition) is 15. The predicted molar refractivity (Wildman–Crippen MR) is 471 cm³/mol. The van der Waals surface area contributed by atoms with Gasteiger partial charge < -0.3 is 98.5 Å². The van der Waals surface area contributed by atoms with Crippen LogP contribution in [0.25, 0.3) is 0 Å². The second-order valence-electron chi connectivity index (χ2n) is 32.1. The lowest BCUT2D eigenvalue weighted by Crippen LogP contribution is -2.59. The van der Waals surface area contributed by atoms with E-state index in [4.69, 9.17) is 24.7 Å². The average molecular weight is 1730 g/mol. The molecule has 0 spiro atoms. The van der Waals surface area contributed by atoms with E-state index in [1.807, 2.05) is 70.4 Å². The molecule has 9 amide bonds. The number of carboxylic acid groups (broad SMARTS) is 1. The second-order valence-corrected chi connectivity index (χ2v) is 32.1. The highest BCUT2D eigenvalue weighted by atomic mass is 35.5. The first kappa shape index (κ1) is 110. The maximum atomic E-state index is 14.1. The molecule has 0 heterocycles. The van der Waals surface area contributed by atoms with Crippen molar-refractivity contribution in [1.29, 1.82) is 0 Å². The van der Waals surface area contributed by atoms with Crippen LogP contribution in [0.3, 0.4) is 0 Å².